The minimum atomic E-state index is -0.919. The maximum Gasteiger partial charge on any atom is 0.413 e. The second-order valence-electron chi connectivity index (χ2n) is 18.2. The zero-order chi connectivity index (χ0) is 46.4. The standard InChI is InChI=1S/C55H64N2O9/c1-54(2,3)66-53(59)57-46(39-65-55(57,4)5)32-21-33-47-49(61-35-42-24-13-7-14-25-42)51(63-37-44-28-17-9-18-29-44)50(62-36-43-26-15-8-16-27-43)48(40-60-34-41-22-11-6-12-23-41)56(47)52(58)64-38-45-30-19-10-20-31-45/h6-32,46-51H,33-40H2,1-5H3/b32-21+/t46-,47-,48-,49-,50-,51+/m0/s1. The summed E-state index contributed by atoms with van der Waals surface area (Å²) in [7, 11) is 0. The molecule has 0 saturated carbocycles. The van der Waals surface area contributed by atoms with Gasteiger partial charge in [-0.2, -0.15) is 0 Å². The molecule has 0 spiro atoms. The molecule has 2 aliphatic rings. The second kappa shape index (κ2) is 23.1. The van der Waals surface area contributed by atoms with Crippen molar-refractivity contribution in [3.05, 3.63) is 192 Å². The first kappa shape index (κ1) is 48.1. The molecule has 11 heteroatoms. The van der Waals surface area contributed by atoms with Crippen LogP contribution in [0.25, 0.3) is 0 Å². The van der Waals surface area contributed by atoms with Gasteiger partial charge >= 0.3 is 12.2 Å². The Labute approximate surface area is 390 Å². The maximum atomic E-state index is 15.1. The number of carbonyl (C=O) groups is 2. The van der Waals surface area contributed by atoms with E-state index in [1.54, 1.807) is 9.80 Å². The van der Waals surface area contributed by atoms with Gasteiger partial charge in [0.15, 0.2) is 0 Å². The smallest absolute Gasteiger partial charge is 0.413 e. The molecular formula is C55H64N2O9. The molecule has 2 fully saturated rings. The van der Waals surface area contributed by atoms with Crippen LogP contribution in [0.3, 0.4) is 0 Å². The van der Waals surface area contributed by atoms with E-state index >= 15 is 4.79 Å². The molecule has 0 aliphatic carbocycles. The van der Waals surface area contributed by atoms with Gasteiger partial charge in [-0.3, -0.25) is 9.80 Å². The molecule has 0 bridgehead atoms. The Morgan fingerprint density at radius 2 is 1.02 bits per heavy atom. The van der Waals surface area contributed by atoms with E-state index in [0.717, 1.165) is 27.8 Å². The summed E-state index contributed by atoms with van der Waals surface area (Å²) in [6, 6.07) is 47.6. The summed E-state index contributed by atoms with van der Waals surface area (Å²) in [4.78, 5) is 32.2. The molecular weight excluding hydrogens is 833 g/mol. The number of carbonyl (C=O) groups excluding carboxylic acids is 2. The topological polar surface area (TPSA) is 105 Å². The van der Waals surface area contributed by atoms with Crippen molar-refractivity contribution in [1.82, 2.24) is 9.80 Å². The van der Waals surface area contributed by atoms with Crippen molar-refractivity contribution in [2.75, 3.05) is 13.2 Å². The van der Waals surface area contributed by atoms with Gasteiger partial charge in [-0.1, -0.05) is 164 Å². The lowest BCUT2D eigenvalue weighted by atomic mass is 9.85. The van der Waals surface area contributed by atoms with E-state index in [9.17, 15) is 4.79 Å². The van der Waals surface area contributed by atoms with Crippen LogP contribution < -0.4 is 0 Å². The van der Waals surface area contributed by atoms with Crippen LogP contribution in [-0.2, 0) is 66.2 Å². The predicted octanol–water partition coefficient (Wildman–Crippen LogP) is 10.7. The summed E-state index contributed by atoms with van der Waals surface area (Å²) in [5.74, 6) is 0. The van der Waals surface area contributed by atoms with Crippen molar-refractivity contribution in [1.29, 1.82) is 0 Å². The normalized spacial score (nSPS) is 21.8. The van der Waals surface area contributed by atoms with E-state index < -0.39 is 59.9 Å². The number of rotatable bonds is 18. The molecule has 0 N–H and O–H groups in total. The van der Waals surface area contributed by atoms with Crippen molar-refractivity contribution in [3.8, 4) is 0 Å². The van der Waals surface area contributed by atoms with Gasteiger partial charge in [0, 0.05) is 0 Å². The third-order valence-corrected chi connectivity index (χ3v) is 11.6. The lowest BCUT2D eigenvalue weighted by Gasteiger charge is -2.52. The predicted molar refractivity (Wildman–Crippen MR) is 253 cm³/mol. The Bertz CT molecular complexity index is 2260. The quantitative estimate of drug-likeness (QED) is 0.0795. The van der Waals surface area contributed by atoms with Gasteiger partial charge < -0.3 is 33.2 Å². The Balaban J connectivity index is 1.31. The Morgan fingerprint density at radius 3 is 1.48 bits per heavy atom. The van der Waals surface area contributed by atoms with Crippen LogP contribution in [0.15, 0.2) is 164 Å². The van der Waals surface area contributed by atoms with E-state index in [-0.39, 0.29) is 39.6 Å². The lowest BCUT2D eigenvalue weighted by molar-refractivity contribution is -0.222. The average molecular weight is 897 g/mol. The van der Waals surface area contributed by atoms with Gasteiger partial charge in [-0.05, 0) is 68.9 Å². The van der Waals surface area contributed by atoms with Gasteiger partial charge in [0.2, 0.25) is 0 Å². The van der Waals surface area contributed by atoms with Crippen molar-refractivity contribution in [2.45, 2.75) is 122 Å². The molecule has 5 aromatic carbocycles. The Morgan fingerprint density at radius 1 is 0.591 bits per heavy atom. The first-order valence-corrected chi connectivity index (χ1v) is 22.9. The van der Waals surface area contributed by atoms with Gasteiger partial charge in [0.05, 0.1) is 57.8 Å². The van der Waals surface area contributed by atoms with E-state index in [2.05, 4.69) is 0 Å². The second-order valence-corrected chi connectivity index (χ2v) is 18.2. The molecule has 2 heterocycles. The molecule has 2 aliphatic heterocycles. The summed E-state index contributed by atoms with van der Waals surface area (Å²) in [6.45, 7) is 10.7. The summed E-state index contributed by atoms with van der Waals surface area (Å²) < 4.78 is 46.0. The third-order valence-electron chi connectivity index (χ3n) is 11.6. The fourth-order valence-electron chi connectivity index (χ4n) is 8.46. The summed E-state index contributed by atoms with van der Waals surface area (Å²) >= 11 is 0. The highest BCUT2D eigenvalue weighted by molar-refractivity contribution is 5.70. The SMILES string of the molecule is CC(C)(C)OC(=O)N1[C@@H](/C=C/C[C@H]2[C@H](OCc3ccccc3)[C@@H](OCc3ccccc3)[C@@H](OCc3ccccc3)[C@H](COCc3ccccc3)N2C(=O)OCc2ccccc2)COC1(C)C. The van der Waals surface area contributed by atoms with Crippen LogP contribution in [0, 0.1) is 0 Å². The molecule has 2 amide bonds. The molecule has 5 aromatic rings. The molecule has 0 unspecified atom stereocenters. The lowest BCUT2D eigenvalue weighted by Crippen LogP contribution is -2.70. The third kappa shape index (κ3) is 13.4. The molecule has 0 aromatic heterocycles. The zero-order valence-electron chi connectivity index (χ0n) is 38.8. The highest BCUT2D eigenvalue weighted by Gasteiger charge is 2.54. The first-order chi connectivity index (χ1) is 31.9. The molecule has 348 valence electrons. The monoisotopic (exact) mass is 896 g/mol. The van der Waals surface area contributed by atoms with Crippen LogP contribution in [0.1, 0.15) is 68.9 Å². The molecule has 66 heavy (non-hydrogen) atoms. The van der Waals surface area contributed by atoms with Crippen LogP contribution in [0.5, 0.6) is 0 Å². The van der Waals surface area contributed by atoms with Crippen LogP contribution in [0.4, 0.5) is 9.59 Å². The maximum absolute atomic E-state index is 15.1. The van der Waals surface area contributed by atoms with Gasteiger partial charge in [0.25, 0.3) is 0 Å². The van der Waals surface area contributed by atoms with Crippen molar-refractivity contribution in [2.24, 2.45) is 0 Å². The number of hydrogen-bond acceptors (Lipinski definition) is 9. The van der Waals surface area contributed by atoms with E-state index in [1.807, 2.05) is 198 Å². The first-order valence-electron chi connectivity index (χ1n) is 22.9. The molecule has 2 saturated heterocycles. The van der Waals surface area contributed by atoms with E-state index in [4.69, 9.17) is 33.2 Å². The van der Waals surface area contributed by atoms with Crippen molar-refractivity contribution < 1.29 is 42.7 Å². The molecule has 7 rings (SSSR count). The highest BCUT2D eigenvalue weighted by Crippen LogP contribution is 2.36. The number of likely N-dealkylation sites (tertiary alicyclic amines) is 1. The van der Waals surface area contributed by atoms with Gasteiger partial charge in [0.1, 0.15) is 36.2 Å². The largest absolute Gasteiger partial charge is 0.445 e. The fraction of sp³-hybridized carbons (Fsp3) is 0.382. The van der Waals surface area contributed by atoms with Crippen LogP contribution in [0.2, 0.25) is 0 Å². The van der Waals surface area contributed by atoms with E-state index in [0.29, 0.717) is 13.0 Å². The molecule has 11 nitrogen and oxygen atoms in total. The summed E-state index contributed by atoms with van der Waals surface area (Å²) in [6.07, 6.45) is 1.03. The number of amides is 2. The highest BCUT2D eigenvalue weighted by atomic mass is 16.6. The fourth-order valence-corrected chi connectivity index (χ4v) is 8.46. The van der Waals surface area contributed by atoms with Crippen molar-refractivity contribution >= 4 is 12.2 Å². The van der Waals surface area contributed by atoms with Crippen molar-refractivity contribution in [3.63, 3.8) is 0 Å². The summed E-state index contributed by atoms with van der Waals surface area (Å²) in [5.41, 5.74) is 3.11. The zero-order valence-corrected chi connectivity index (χ0v) is 38.8. The van der Waals surface area contributed by atoms with Crippen LogP contribution in [-0.4, -0.2) is 83.0 Å². The minimum absolute atomic E-state index is 0.0503. The average Bonchev–Trinajstić information content (AvgIpc) is 3.63. The van der Waals surface area contributed by atoms with E-state index in [1.165, 1.54) is 0 Å². The number of nitrogens with zero attached hydrogens (tertiary/aromatic N) is 2. The van der Waals surface area contributed by atoms with Gasteiger partial charge in [-0.25, -0.2) is 9.59 Å². The van der Waals surface area contributed by atoms with Crippen LogP contribution >= 0.6 is 0 Å². The minimum Gasteiger partial charge on any atom is -0.445 e. The Hall–Kier alpha value is -5.82. The number of ether oxygens (including phenoxy) is 7. The molecule has 0 radical (unpaired) electrons. The number of piperidine rings is 1. The summed E-state index contributed by atoms with van der Waals surface area (Å²) in [5, 5.41) is 0. The Kier molecular flexibility index (Phi) is 16.8. The number of hydrogen-bond donors (Lipinski definition) is 0. The number of benzene rings is 5. The molecule has 6 atom stereocenters. The van der Waals surface area contributed by atoms with Gasteiger partial charge in [-0.15, -0.1) is 0 Å².